The first-order chi connectivity index (χ1) is 9.70. The number of halogens is 1. The van der Waals surface area contributed by atoms with E-state index < -0.39 is 0 Å². The third-order valence-electron chi connectivity index (χ3n) is 2.91. The van der Waals surface area contributed by atoms with Crippen molar-refractivity contribution in [1.82, 2.24) is 9.97 Å². The van der Waals surface area contributed by atoms with E-state index in [2.05, 4.69) is 20.6 Å². The van der Waals surface area contributed by atoms with Crippen LogP contribution in [0.1, 0.15) is 23.2 Å². The maximum atomic E-state index is 12.0. The lowest BCUT2D eigenvalue weighted by Gasteiger charge is -2.06. The van der Waals surface area contributed by atoms with Gasteiger partial charge in [0.2, 0.25) is 5.95 Å². The Balaban J connectivity index is 1.66. The minimum Gasteiger partial charge on any atom is -0.351 e. The average molecular weight is 289 g/mol. The van der Waals surface area contributed by atoms with Crippen LogP contribution in [0.4, 0.5) is 11.6 Å². The zero-order valence-corrected chi connectivity index (χ0v) is 11.4. The molecule has 2 aromatic rings. The summed E-state index contributed by atoms with van der Waals surface area (Å²) in [4.78, 5) is 20.3. The van der Waals surface area contributed by atoms with Gasteiger partial charge in [-0.25, -0.2) is 9.97 Å². The average Bonchev–Trinajstić information content (AvgIpc) is 3.23. The molecular weight excluding hydrogens is 276 g/mol. The molecule has 0 radical (unpaired) electrons. The Morgan fingerprint density at radius 2 is 2.00 bits per heavy atom. The van der Waals surface area contributed by atoms with Crippen LogP contribution in [0.15, 0.2) is 36.7 Å². The van der Waals surface area contributed by atoms with E-state index in [0.717, 1.165) is 12.8 Å². The lowest BCUT2D eigenvalue weighted by Crippen LogP contribution is -2.13. The summed E-state index contributed by atoms with van der Waals surface area (Å²) >= 11 is 5.87. The topological polar surface area (TPSA) is 66.9 Å². The number of aromatic nitrogens is 2. The number of benzene rings is 1. The smallest absolute Gasteiger partial charge is 0.258 e. The van der Waals surface area contributed by atoms with Crippen LogP contribution in [-0.4, -0.2) is 21.9 Å². The molecule has 0 saturated heterocycles. The van der Waals surface area contributed by atoms with Crippen molar-refractivity contribution in [3.63, 3.8) is 0 Å². The van der Waals surface area contributed by atoms with E-state index in [0.29, 0.717) is 28.3 Å². The molecule has 0 spiro atoms. The molecule has 0 aliphatic heterocycles. The van der Waals surface area contributed by atoms with Crippen LogP contribution >= 0.6 is 11.6 Å². The largest absolute Gasteiger partial charge is 0.351 e. The first-order valence-electron chi connectivity index (χ1n) is 6.36. The predicted molar refractivity (Wildman–Crippen MR) is 78.1 cm³/mol. The maximum absolute atomic E-state index is 12.0. The van der Waals surface area contributed by atoms with Crippen molar-refractivity contribution < 1.29 is 4.79 Å². The fraction of sp³-hybridized carbons (Fsp3) is 0.214. The summed E-state index contributed by atoms with van der Waals surface area (Å²) in [6.07, 6.45) is 5.33. The molecule has 1 saturated carbocycles. The lowest BCUT2D eigenvalue weighted by atomic mass is 10.3. The van der Waals surface area contributed by atoms with E-state index in [4.69, 9.17) is 11.6 Å². The monoisotopic (exact) mass is 288 g/mol. The highest BCUT2D eigenvalue weighted by molar-refractivity contribution is 6.30. The van der Waals surface area contributed by atoms with E-state index in [9.17, 15) is 4.79 Å². The van der Waals surface area contributed by atoms with Crippen molar-refractivity contribution in [1.29, 1.82) is 0 Å². The summed E-state index contributed by atoms with van der Waals surface area (Å²) in [7, 11) is 0. The normalized spacial score (nSPS) is 13.8. The molecule has 1 fully saturated rings. The molecule has 102 valence electrons. The highest BCUT2D eigenvalue weighted by Gasteiger charge is 2.21. The van der Waals surface area contributed by atoms with Gasteiger partial charge in [-0.05, 0) is 31.0 Å². The quantitative estimate of drug-likeness (QED) is 0.908. The van der Waals surface area contributed by atoms with Crippen molar-refractivity contribution in [3.8, 4) is 0 Å². The molecule has 0 atom stereocenters. The maximum Gasteiger partial charge on any atom is 0.258 e. The van der Waals surface area contributed by atoms with Gasteiger partial charge < -0.3 is 10.6 Å². The SMILES string of the molecule is O=C(Nc1cccc(Cl)c1)c1cnc(NC2CC2)nc1. The second-order valence-corrected chi connectivity index (χ2v) is 5.11. The van der Waals surface area contributed by atoms with Gasteiger partial charge >= 0.3 is 0 Å². The van der Waals surface area contributed by atoms with Crippen LogP contribution in [0.2, 0.25) is 5.02 Å². The van der Waals surface area contributed by atoms with E-state index in [-0.39, 0.29) is 5.91 Å². The van der Waals surface area contributed by atoms with Crippen LogP contribution in [-0.2, 0) is 0 Å². The van der Waals surface area contributed by atoms with E-state index in [1.165, 1.54) is 12.4 Å². The number of anilines is 2. The Morgan fingerprint density at radius 3 is 2.65 bits per heavy atom. The lowest BCUT2D eigenvalue weighted by molar-refractivity contribution is 0.102. The highest BCUT2D eigenvalue weighted by atomic mass is 35.5. The molecule has 20 heavy (non-hydrogen) atoms. The number of nitrogens with zero attached hydrogens (tertiary/aromatic N) is 2. The standard InChI is InChI=1S/C14H13ClN4O/c15-10-2-1-3-12(6-10)18-13(20)9-7-16-14(17-8-9)19-11-4-5-11/h1-3,6-8,11H,4-5H2,(H,18,20)(H,16,17,19). The third-order valence-corrected chi connectivity index (χ3v) is 3.14. The number of hydrogen-bond donors (Lipinski definition) is 2. The van der Waals surface area contributed by atoms with Gasteiger partial charge in [0.15, 0.2) is 0 Å². The fourth-order valence-corrected chi connectivity index (χ4v) is 1.89. The van der Waals surface area contributed by atoms with Crippen molar-refractivity contribution >= 4 is 29.1 Å². The van der Waals surface area contributed by atoms with Gasteiger partial charge in [-0.15, -0.1) is 0 Å². The van der Waals surface area contributed by atoms with E-state index in [1.54, 1.807) is 24.3 Å². The molecule has 1 aromatic carbocycles. The van der Waals surface area contributed by atoms with Crippen molar-refractivity contribution in [2.75, 3.05) is 10.6 Å². The summed E-state index contributed by atoms with van der Waals surface area (Å²) in [5.41, 5.74) is 1.05. The van der Waals surface area contributed by atoms with Gasteiger partial charge in [-0.2, -0.15) is 0 Å². The van der Waals surface area contributed by atoms with Crippen LogP contribution in [0.25, 0.3) is 0 Å². The van der Waals surface area contributed by atoms with Crippen molar-refractivity contribution in [2.45, 2.75) is 18.9 Å². The van der Waals surface area contributed by atoms with Gasteiger partial charge in [-0.3, -0.25) is 4.79 Å². The molecule has 6 heteroatoms. The van der Waals surface area contributed by atoms with Gasteiger partial charge in [-0.1, -0.05) is 17.7 Å². The molecule has 0 bridgehead atoms. The Labute approximate surface area is 121 Å². The number of amides is 1. The molecule has 0 unspecified atom stereocenters. The first-order valence-corrected chi connectivity index (χ1v) is 6.74. The Kier molecular flexibility index (Phi) is 3.52. The number of carbonyl (C=O) groups excluding carboxylic acids is 1. The zero-order chi connectivity index (χ0) is 13.9. The predicted octanol–water partition coefficient (Wildman–Crippen LogP) is 2.96. The number of carbonyl (C=O) groups is 1. The molecular formula is C14H13ClN4O. The highest BCUT2D eigenvalue weighted by Crippen LogP contribution is 2.22. The molecule has 1 aromatic heterocycles. The van der Waals surface area contributed by atoms with Crippen molar-refractivity contribution in [2.24, 2.45) is 0 Å². The molecule has 5 nitrogen and oxygen atoms in total. The summed E-state index contributed by atoms with van der Waals surface area (Å²) in [5.74, 6) is 0.303. The number of hydrogen-bond acceptors (Lipinski definition) is 4. The Bertz CT molecular complexity index is 625. The van der Waals surface area contributed by atoms with E-state index >= 15 is 0 Å². The summed E-state index contributed by atoms with van der Waals surface area (Å²) in [6.45, 7) is 0. The van der Waals surface area contributed by atoms with Crippen LogP contribution in [0, 0.1) is 0 Å². The molecule has 1 aliphatic carbocycles. The second-order valence-electron chi connectivity index (χ2n) is 4.68. The van der Waals surface area contributed by atoms with Gasteiger partial charge in [0.1, 0.15) is 0 Å². The van der Waals surface area contributed by atoms with Crippen LogP contribution in [0.5, 0.6) is 0 Å². The Hall–Kier alpha value is -2.14. The van der Waals surface area contributed by atoms with Gasteiger partial charge in [0, 0.05) is 29.1 Å². The molecule has 1 heterocycles. The number of rotatable bonds is 4. The van der Waals surface area contributed by atoms with Gasteiger partial charge in [0.25, 0.3) is 5.91 Å². The second kappa shape index (κ2) is 5.46. The molecule has 1 aliphatic rings. The molecule has 1 amide bonds. The third kappa shape index (κ3) is 3.24. The van der Waals surface area contributed by atoms with Crippen molar-refractivity contribution in [3.05, 3.63) is 47.2 Å². The van der Waals surface area contributed by atoms with Crippen LogP contribution in [0.3, 0.4) is 0 Å². The summed E-state index contributed by atoms with van der Waals surface area (Å²) in [6, 6.07) is 7.47. The minimum absolute atomic E-state index is 0.259. The molecule has 3 rings (SSSR count). The molecule has 2 N–H and O–H groups in total. The fourth-order valence-electron chi connectivity index (χ4n) is 1.70. The first kappa shape index (κ1) is 12.9. The summed E-state index contributed by atoms with van der Waals surface area (Å²) < 4.78 is 0. The van der Waals surface area contributed by atoms with Gasteiger partial charge in [0.05, 0.1) is 5.56 Å². The summed E-state index contributed by atoms with van der Waals surface area (Å²) in [5, 5.41) is 6.49. The zero-order valence-electron chi connectivity index (χ0n) is 10.6. The van der Waals surface area contributed by atoms with E-state index in [1.807, 2.05) is 0 Å². The minimum atomic E-state index is -0.259. The number of nitrogens with one attached hydrogen (secondary N) is 2. The Morgan fingerprint density at radius 1 is 1.25 bits per heavy atom. The van der Waals surface area contributed by atoms with Crippen LogP contribution < -0.4 is 10.6 Å².